The molecule has 0 aromatic carbocycles. The fraction of sp³-hybridized carbons (Fsp3) is 0.500. The lowest BCUT2D eigenvalue weighted by atomic mass is 10.2. The summed E-state index contributed by atoms with van der Waals surface area (Å²) in [4.78, 5) is 26.2. The molecule has 0 aliphatic heterocycles. The van der Waals surface area contributed by atoms with Gasteiger partial charge in [0.1, 0.15) is 0 Å². The highest BCUT2D eigenvalue weighted by molar-refractivity contribution is 6.63. The Bertz CT molecular complexity index is 336. The Morgan fingerprint density at radius 2 is 2.14 bits per heavy atom. The minimum atomic E-state index is -0.622. The van der Waals surface area contributed by atoms with Crippen LogP contribution in [-0.2, 0) is 9.59 Å². The van der Waals surface area contributed by atoms with Gasteiger partial charge in [-0.1, -0.05) is 0 Å². The van der Waals surface area contributed by atoms with Crippen molar-refractivity contribution in [1.82, 2.24) is 4.90 Å². The third kappa shape index (κ3) is 3.17. The number of hydrogen-bond donors (Lipinski definition) is 1. The summed E-state index contributed by atoms with van der Waals surface area (Å²) in [5.41, 5.74) is 6.23. The number of nitrogens with one attached hydrogen (secondary N) is 1. The van der Waals surface area contributed by atoms with E-state index in [2.05, 4.69) is 4.79 Å². The van der Waals surface area contributed by atoms with Gasteiger partial charge in [0.25, 0.3) is 5.78 Å². The van der Waals surface area contributed by atoms with Crippen LogP contribution in [-0.4, -0.2) is 40.7 Å². The van der Waals surface area contributed by atoms with E-state index >= 15 is 0 Å². The molecule has 0 aliphatic rings. The molecule has 6 nitrogen and oxygen atoms in total. The molecule has 14 heavy (non-hydrogen) atoms. The maximum atomic E-state index is 11.4. The van der Waals surface area contributed by atoms with E-state index in [1.807, 2.05) is 6.07 Å². The molecule has 0 bridgehead atoms. The van der Waals surface area contributed by atoms with Gasteiger partial charge in [-0.05, 0) is 0 Å². The fourth-order valence-electron chi connectivity index (χ4n) is 0.777. The summed E-state index contributed by atoms with van der Waals surface area (Å²) < 4.78 is 0. The summed E-state index contributed by atoms with van der Waals surface area (Å²) in [6.45, 7) is 1.39. The maximum Gasteiger partial charge on any atom is 0.470 e. The van der Waals surface area contributed by atoms with Crippen molar-refractivity contribution in [3.63, 3.8) is 0 Å². The Kier molecular flexibility index (Phi) is 4.82. The normalized spacial score (nSPS) is 8.36. The number of carbonyl (C=O) groups excluding carboxylic acids is 2. The summed E-state index contributed by atoms with van der Waals surface area (Å²) in [6.07, 6.45) is 0.186. The van der Waals surface area contributed by atoms with Crippen LogP contribution in [0.3, 0.4) is 0 Å². The summed E-state index contributed by atoms with van der Waals surface area (Å²) in [7, 11) is 1.45. The molecule has 0 saturated carbocycles. The van der Waals surface area contributed by atoms with E-state index in [4.69, 9.17) is 10.8 Å². The molecule has 0 fully saturated rings. The molecule has 0 heterocycles. The zero-order valence-corrected chi connectivity index (χ0v) is 8.07. The number of rotatable bonds is 4. The zero-order chi connectivity index (χ0) is 11.1. The summed E-state index contributed by atoms with van der Waals surface area (Å²) in [6, 6.07) is 1.87. The van der Waals surface area contributed by atoms with E-state index < -0.39 is 17.4 Å². The van der Waals surface area contributed by atoms with Crippen molar-refractivity contribution in [1.29, 1.82) is 10.8 Å². The number of Topliss-reactive ketones (excluding diaryl/α,β-unsaturated/α-hetero) is 1. The van der Waals surface area contributed by atoms with Crippen LogP contribution < -0.4 is 0 Å². The second-order valence-corrected chi connectivity index (χ2v) is 2.65. The average molecular weight is 195 g/mol. The molecule has 0 radical (unpaired) electrons. The Hall–Kier alpha value is -1.99. The minimum absolute atomic E-state index is 0.186. The van der Waals surface area contributed by atoms with E-state index in [1.54, 1.807) is 0 Å². The Morgan fingerprint density at radius 3 is 2.50 bits per heavy atom. The molecule has 74 valence electrons. The van der Waals surface area contributed by atoms with Crippen molar-refractivity contribution in [2.75, 3.05) is 13.6 Å². The standard InChI is InChI=1S/C8H11N4O2/c1-6(13)7(11-10)8(14)12(2)5-3-4-9/h10H,3,5H2,1-2H3/q+1. The summed E-state index contributed by atoms with van der Waals surface area (Å²) in [5, 5.41) is 8.28. The first-order valence-corrected chi connectivity index (χ1v) is 3.92. The van der Waals surface area contributed by atoms with E-state index in [9.17, 15) is 9.59 Å². The van der Waals surface area contributed by atoms with Crippen LogP contribution in [0.15, 0.2) is 0 Å². The lowest BCUT2D eigenvalue weighted by Crippen LogP contribution is -2.37. The van der Waals surface area contributed by atoms with Crippen LogP contribution in [0.25, 0.3) is 0 Å². The largest absolute Gasteiger partial charge is 0.470 e. The summed E-state index contributed by atoms with van der Waals surface area (Å²) in [5.74, 6) is -1.17. The number of carbonyl (C=O) groups is 2. The van der Waals surface area contributed by atoms with Gasteiger partial charge in [-0.2, -0.15) is 5.26 Å². The lowest BCUT2D eigenvalue weighted by Gasteiger charge is -2.10. The van der Waals surface area contributed by atoms with Gasteiger partial charge in [-0.25, -0.2) is 0 Å². The number of amides is 1. The third-order valence-corrected chi connectivity index (χ3v) is 1.55. The Labute approximate surface area is 81.4 Å². The van der Waals surface area contributed by atoms with Gasteiger partial charge >= 0.3 is 11.6 Å². The van der Waals surface area contributed by atoms with Crippen LogP contribution in [0, 0.1) is 16.9 Å². The number of nitriles is 1. The smallest absolute Gasteiger partial charge is 0.334 e. The van der Waals surface area contributed by atoms with Crippen molar-refractivity contribution in [2.24, 2.45) is 0 Å². The molecule has 0 rings (SSSR count). The van der Waals surface area contributed by atoms with E-state index in [0.717, 1.165) is 0 Å². The van der Waals surface area contributed by atoms with Crippen LogP contribution in [0.2, 0.25) is 0 Å². The van der Waals surface area contributed by atoms with Gasteiger partial charge in [0.05, 0.1) is 22.8 Å². The molecule has 0 spiro atoms. The van der Waals surface area contributed by atoms with Crippen molar-refractivity contribution in [3.8, 4) is 6.07 Å². The molecule has 0 saturated heterocycles. The molecular formula is C8H11N4O2+. The van der Waals surface area contributed by atoms with Gasteiger partial charge in [0.15, 0.2) is 0 Å². The third-order valence-electron chi connectivity index (χ3n) is 1.55. The lowest BCUT2D eigenvalue weighted by molar-refractivity contribution is -0.148. The van der Waals surface area contributed by atoms with Crippen LogP contribution in [0.5, 0.6) is 0 Å². The molecule has 1 amide bonds. The van der Waals surface area contributed by atoms with Crippen LogP contribution in [0.4, 0.5) is 0 Å². The number of nitrogens with zero attached hydrogens (tertiary/aromatic N) is 3. The first kappa shape index (κ1) is 12.0. The Balaban J connectivity index is 4.54. The molecule has 0 aliphatic carbocycles. The number of hydrogen-bond acceptors (Lipinski definition) is 4. The van der Waals surface area contributed by atoms with Crippen molar-refractivity contribution < 1.29 is 14.4 Å². The van der Waals surface area contributed by atoms with Gasteiger partial charge in [0, 0.05) is 20.5 Å². The highest BCUT2D eigenvalue weighted by atomic mass is 16.2. The summed E-state index contributed by atoms with van der Waals surface area (Å²) >= 11 is 0. The van der Waals surface area contributed by atoms with E-state index in [-0.39, 0.29) is 13.0 Å². The average Bonchev–Trinajstić information content (AvgIpc) is 2.14. The molecule has 1 N–H and O–H groups in total. The first-order chi connectivity index (χ1) is 6.54. The second-order valence-electron chi connectivity index (χ2n) is 2.65. The maximum absolute atomic E-state index is 11.4. The van der Waals surface area contributed by atoms with Crippen molar-refractivity contribution in [3.05, 3.63) is 0 Å². The van der Waals surface area contributed by atoms with Gasteiger partial charge in [0.2, 0.25) is 0 Å². The van der Waals surface area contributed by atoms with E-state index in [1.165, 1.54) is 18.9 Å². The zero-order valence-electron chi connectivity index (χ0n) is 8.07. The minimum Gasteiger partial charge on any atom is -0.334 e. The quantitative estimate of drug-likeness (QED) is 0.286. The van der Waals surface area contributed by atoms with E-state index in [0.29, 0.717) is 0 Å². The molecule has 0 unspecified atom stereocenters. The Morgan fingerprint density at radius 1 is 1.57 bits per heavy atom. The monoisotopic (exact) mass is 195 g/mol. The topological polar surface area (TPSA) is 99.1 Å². The predicted octanol–water partition coefficient (Wildman–Crippen LogP) is -0.372. The highest BCUT2D eigenvalue weighted by Crippen LogP contribution is 1.90. The molecule has 6 heteroatoms. The first-order valence-electron chi connectivity index (χ1n) is 3.92. The predicted molar refractivity (Wildman–Crippen MR) is 46.5 cm³/mol. The van der Waals surface area contributed by atoms with Crippen molar-refractivity contribution >= 4 is 17.4 Å². The van der Waals surface area contributed by atoms with Crippen LogP contribution >= 0.6 is 0 Å². The van der Waals surface area contributed by atoms with Crippen LogP contribution in [0.1, 0.15) is 13.3 Å². The number of ketones is 1. The fourth-order valence-corrected chi connectivity index (χ4v) is 0.777. The van der Waals surface area contributed by atoms with Crippen molar-refractivity contribution in [2.45, 2.75) is 13.3 Å². The molecular weight excluding hydrogens is 184 g/mol. The van der Waals surface area contributed by atoms with Gasteiger partial charge in [-0.3, -0.25) is 9.59 Å². The van der Waals surface area contributed by atoms with Gasteiger partial charge in [-0.15, -0.1) is 0 Å². The SMILES string of the molecule is CC(=O)C(=[N+]=N)C(=O)N(C)CCC#N. The highest BCUT2D eigenvalue weighted by Gasteiger charge is 2.31. The second kappa shape index (κ2) is 5.62. The molecule has 0 atom stereocenters. The van der Waals surface area contributed by atoms with Gasteiger partial charge < -0.3 is 4.90 Å². The molecule has 0 aromatic rings. The molecule has 0 aromatic heterocycles.